The number of benzene rings is 2. The number of hydrogen-bond acceptors (Lipinski definition) is 6. The lowest BCUT2D eigenvalue weighted by Gasteiger charge is -2.07. The van der Waals surface area contributed by atoms with E-state index in [2.05, 4.69) is 51.7 Å². The Labute approximate surface area is 171 Å². The number of nitrogens with one attached hydrogen (secondary N) is 1. The lowest BCUT2D eigenvalue weighted by atomic mass is 10.1. The van der Waals surface area contributed by atoms with Crippen LogP contribution in [-0.2, 0) is 13.0 Å². The molecule has 2 aromatic carbocycles. The van der Waals surface area contributed by atoms with Gasteiger partial charge in [0.15, 0.2) is 11.5 Å². The zero-order chi connectivity index (χ0) is 19.2. The Hall–Kier alpha value is -3.38. The number of allylic oxidation sites excluding steroid dienone is 1. The first-order chi connectivity index (χ1) is 14.3. The van der Waals surface area contributed by atoms with Crippen LogP contribution < -0.4 is 14.8 Å². The Morgan fingerprint density at radius 3 is 2.93 bits per heavy atom. The highest BCUT2D eigenvalue weighted by atomic mass is 32.1. The van der Waals surface area contributed by atoms with Gasteiger partial charge < -0.3 is 14.8 Å². The number of aromatic nitrogens is 2. The number of anilines is 1. The Morgan fingerprint density at radius 2 is 1.93 bits per heavy atom. The van der Waals surface area contributed by atoms with Gasteiger partial charge in [0.1, 0.15) is 12.1 Å². The van der Waals surface area contributed by atoms with Crippen LogP contribution in [0.1, 0.15) is 21.6 Å². The van der Waals surface area contributed by atoms with Crippen molar-refractivity contribution in [3.8, 4) is 11.5 Å². The van der Waals surface area contributed by atoms with Crippen molar-refractivity contribution < 1.29 is 9.47 Å². The van der Waals surface area contributed by atoms with Gasteiger partial charge in [0.25, 0.3) is 0 Å². The molecule has 0 fully saturated rings. The highest BCUT2D eigenvalue weighted by molar-refractivity contribution is 7.20. The van der Waals surface area contributed by atoms with Gasteiger partial charge in [0.05, 0.1) is 10.2 Å². The lowest BCUT2D eigenvalue weighted by Crippen LogP contribution is -2.01. The molecule has 6 rings (SSSR count). The number of nitrogens with zero attached hydrogens (tertiary/aromatic N) is 2. The maximum absolute atomic E-state index is 5.47. The van der Waals surface area contributed by atoms with Gasteiger partial charge in [-0.3, -0.25) is 0 Å². The molecule has 0 saturated carbocycles. The van der Waals surface area contributed by atoms with E-state index in [-0.39, 0.29) is 6.79 Å². The van der Waals surface area contributed by atoms with E-state index in [1.807, 2.05) is 18.2 Å². The summed E-state index contributed by atoms with van der Waals surface area (Å²) in [7, 11) is 0. The Bertz CT molecular complexity index is 1280. The van der Waals surface area contributed by atoms with Crippen LogP contribution in [0, 0.1) is 0 Å². The van der Waals surface area contributed by atoms with Gasteiger partial charge in [-0.2, -0.15) is 0 Å². The lowest BCUT2D eigenvalue weighted by molar-refractivity contribution is 0.174. The van der Waals surface area contributed by atoms with Crippen LogP contribution in [0.5, 0.6) is 11.5 Å². The minimum absolute atomic E-state index is 0.287. The van der Waals surface area contributed by atoms with Gasteiger partial charge >= 0.3 is 0 Å². The molecule has 3 heterocycles. The molecule has 4 aromatic rings. The maximum Gasteiger partial charge on any atom is 0.231 e. The number of fused-ring (bicyclic) bond motifs is 3. The largest absolute Gasteiger partial charge is 0.454 e. The molecule has 0 bridgehead atoms. The van der Waals surface area contributed by atoms with Crippen molar-refractivity contribution >= 4 is 32.9 Å². The Morgan fingerprint density at radius 1 is 1.00 bits per heavy atom. The molecule has 1 aliphatic carbocycles. The van der Waals surface area contributed by atoms with E-state index in [4.69, 9.17) is 9.47 Å². The molecule has 1 N–H and O–H groups in total. The second-order valence-electron chi connectivity index (χ2n) is 7.07. The first-order valence-electron chi connectivity index (χ1n) is 9.51. The predicted octanol–water partition coefficient (Wildman–Crippen LogP) is 5.02. The average molecular weight is 399 g/mol. The van der Waals surface area contributed by atoms with Crippen LogP contribution in [0.25, 0.3) is 15.8 Å². The molecule has 0 spiro atoms. The van der Waals surface area contributed by atoms with Gasteiger partial charge in [-0.1, -0.05) is 36.4 Å². The molecule has 2 aromatic heterocycles. The molecule has 29 heavy (non-hydrogen) atoms. The molecule has 1 aliphatic heterocycles. The van der Waals surface area contributed by atoms with Crippen molar-refractivity contribution in [1.82, 2.24) is 9.97 Å². The highest BCUT2D eigenvalue weighted by Gasteiger charge is 2.19. The van der Waals surface area contributed by atoms with E-state index in [0.717, 1.165) is 39.5 Å². The molecule has 0 saturated heterocycles. The van der Waals surface area contributed by atoms with Gasteiger partial charge in [-0.05, 0) is 46.9 Å². The normalized spacial score (nSPS) is 14.1. The quantitative estimate of drug-likeness (QED) is 0.522. The number of ether oxygens (including phenoxy) is 2. The molecule has 0 amide bonds. The van der Waals surface area contributed by atoms with Gasteiger partial charge in [0, 0.05) is 11.4 Å². The zero-order valence-corrected chi connectivity index (χ0v) is 16.3. The molecule has 6 heteroatoms. The van der Waals surface area contributed by atoms with Crippen molar-refractivity contribution in [2.75, 3.05) is 12.1 Å². The van der Waals surface area contributed by atoms with E-state index in [1.54, 1.807) is 17.7 Å². The molecule has 142 valence electrons. The summed E-state index contributed by atoms with van der Waals surface area (Å²) in [6.07, 6.45) is 4.92. The van der Waals surface area contributed by atoms with Gasteiger partial charge in [-0.15, -0.1) is 11.3 Å². The topological polar surface area (TPSA) is 56.3 Å². The van der Waals surface area contributed by atoms with Crippen LogP contribution in [0.15, 0.2) is 60.9 Å². The molecular formula is C23H17N3O2S. The molecule has 0 atom stereocenters. The van der Waals surface area contributed by atoms with Crippen molar-refractivity contribution in [3.05, 3.63) is 82.5 Å². The van der Waals surface area contributed by atoms with Crippen molar-refractivity contribution in [2.45, 2.75) is 13.0 Å². The summed E-state index contributed by atoms with van der Waals surface area (Å²) in [4.78, 5) is 10.2. The Balaban J connectivity index is 1.30. The fourth-order valence-electron chi connectivity index (χ4n) is 3.87. The fourth-order valence-corrected chi connectivity index (χ4v) is 5.00. The summed E-state index contributed by atoms with van der Waals surface area (Å²) in [5, 5.41) is 3.46. The van der Waals surface area contributed by atoms with E-state index < -0.39 is 0 Å². The fraction of sp³-hybridized carbons (Fsp3) is 0.130. The van der Waals surface area contributed by atoms with Crippen LogP contribution in [0.4, 0.5) is 5.82 Å². The summed E-state index contributed by atoms with van der Waals surface area (Å²) in [6, 6.07) is 16.8. The van der Waals surface area contributed by atoms with Crippen molar-refractivity contribution in [2.24, 2.45) is 0 Å². The molecule has 5 nitrogen and oxygen atoms in total. The minimum atomic E-state index is 0.287. The zero-order valence-electron chi connectivity index (χ0n) is 15.5. The summed E-state index contributed by atoms with van der Waals surface area (Å²) in [5.74, 6) is 2.45. The van der Waals surface area contributed by atoms with Crippen LogP contribution >= 0.6 is 11.3 Å². The van der Waals surface area contributed by atoms with E-state index >= 15 is 0 Å². The van der Waals surface area contributed by atoms with Crippen molar-refractivity contribution in [3.63, 3.8) is 0 Å². The first kappa shape index (κ1) is 16.6. The summed E-state index contributed by atoms with van der Waals surface area (Å²) in [5.41, 5.74) is 6.09. The minimum Gasteiger partial charge on any atom is -0.454 e. The monoisotopic (exact) mass is 399 g/mol. The molecular weight excluding hydrogens is 382 g/mol. The van der Waals surface area contributed by atoms with Gasteiger partial charge in [-0.25, -0.2) is 9.97 Å². The van der Waals surface area contributed by atoms with Crippen LogP contribution in [0.2, 0.25) is 0 Å². The standard InChI is InChI=1S/C23H17N3O2S/c1-2-4-16-15(3-1)6-7-17(16)21-10-18-22(29-21)23(26-12-25-18)24-11-14-5-8-19-20(9-14)28-13-27-19/h1-5,7-10,12H,6,11,13H2,(H,24,25,26). The highest BCUT2D eigenvalue weighted by Crippen LogP contribution is 2.40. The number of hydrogen-bond donors (Lipinski definition) is 1. The molecule has 2 aliphatic rings. The third-order valence-corrected chi connectivity index (χ3v) is 6.47. The molecule has 0 unspecified atom stereocenters. The average Bonchev–Trinajstić information content (AvgIpc) is 3.48. The molecule has 0 radical (unpaired) electrons. The van der Waals surface area contributed by atoms with Crippen molar-refractivity contribution in [1.29, 1.82) is 0 Å². The predicted molar refractivity (Wildman–Crippen MR) is 115 cm³/mol. The van der Waals surface area contributed by atoms with E-state index in [1.165, 1.54) is 21.6 Å². The first-order valence-corrected chi connectivity index (χ1v) is 10.3. The number of rotatable bonds is 4. The van der Waals surface area contributed by atoms with Crippen LogP contribution in [0.3, 0.4) is 0 Å². The summed E-state index contributed by atoms with van der Waals surface area (Å²) >= 11 is 1.74. The summed E-state index contributed by atoms with van der Waals surface area (Å²) in [6.45, 7) is 0.942. The third-order valence-electron chi connectivity index (χ3n) is 5.31. The third kappa shape index (κ3) is 2.84. The summed E-state index contributed by atoms with van der Waals surface area (Å²) < 4.78 is 11.9. The maximum atomic E-state index is 5.47. The van der Waals surface area contributed by atoms with Crippen LogP contribution in [-0.4, -0.2) is 16.8 Å². The van der Waals surface area contributed by atoms with E-state index in [0.29, 0.717) is 6.54 Å². The number of thiophene rings is 1. The smallest absolute Gasteiger partial charge is 0.231 e. The van der Waals surface area contributed by atoms with E-state index in [9.17, 15) is 0 Å². The second kappa shape index (κ2) is 6.60. The SMILES string of the molecule is C1=C(c2cc3ncnc(NCc4ccc5c(c4)OCO5)c3s2)c2ccccc2C1. The second-order valence-corrected chi connectivity index (χ2v) is 8.12. The Kier molecular flexibility index (Phi) is 3.77. The van der Waals surface area contributed by atoms with Gasteiger partial charge in [0.2, 0.25) is 6.79 Å².